The van der Waals surface area contributed by atoms with E-state index in [2.05, 4.69) is 11.9 Å². The third kappa shape index (κ3) is 4.29. The Balaban J connectivity index is 2.02. The van der Waals surface area contributed by atoms with Gasteiger partial charge in [-0.3, -0.25) is 4.79 Å². The van der Waals surface area contributed by atoms with Gasteiger partial charge < -0.3 is 15.0 Å². The number of hydrogen-bond acceptors (Lipinski definition) is 3. The van der Waals surface area contributed by atoms with Gasteiger partial charge in [0.1, 0.15) is 0 Å². The Bertz CT molecular complexity index is 847. The Labute approximate surface area is 156 Å². The molecule has 0 aliphatic carbocycles. The van der Waals surface area contributed by atoms with Crippen LogP contribution < -0.4 is 10.5 Å². The summed E-state index contributed by atoms with van der Waals surface area (Å²) < 4.78 is 40.2. The average molecular weight is 382 g/mol. The van der Waals surface area contributed by atoms with Gasteiger partial charge in [0.25, 0.3) is 0 Å². The molecule has 148 valence electrons. The van der Waals surface area contributed by atoms with Crippen LogP contribution in [-0.4, -0.2) is 28.8 Å². The fourth-order valence-corrected chi connectivity index (χ4v) is 3.94. The van der Waals surface area contributed by atoms with Crippen LogP contribution in [0.2, 0.25) is 0 Å². The molecule has 0 amide bonds. The van der Waals surface area contributed by atoms with Crippen molar-refractivity contribution < 1.29 is 18.3 Å². The molecular weight excluding hydrogens is 357 g/mol. The first-order valence-electron chi connectivity index (χ1n) is 9.50. The van der Waals surface area contributed by atoms with E-state index in [-0.39, 0.29) is 16.9 Å². The summed E-state index contributed by atoms with van der Waals surface area (Å²) in [4.78, 5) is 16.1. The number of nitrogens with one attached hydrogen (secondary N) is 1. The molecule has 0 spiro atoms. The summed E-state index contributed by atoms with van der Waals surface area (Å²) in [5.41, 5.74) is -0.879. The van der Waals surface area contributed by atoms with Gasteiger partial charge in [-0.25, -0.2) is 0 Å². The zero-order chi connectivity index (χ0) is 19.6. The SMILES string of the molecule is CCCCC(O)C1CCCCN1c1ccc2[nH]c(=O)cc(C(F)(F)F)c2c1. The molecular formula is C20H25F3N2O2. The van der Waals surface area contributed by atoms with Crippen LogP contribution in [0.4, 0.5) is 18.9 Å². The second-order valence-electron chi connectivity index (χ2n) is 7.24. The standard InChI is InChI=1S/C20H25F3N2O2/c1-2-3-7-18(26)17-6-4-5-10-25(17)13-8-9-16-14(11-13)15(20(21,22)23)12-19(27)24-16/h8-9,11-12,17-18,26H,2-7,10H2,1H3,(H,24,27). The summed E-state index contributed by atoms with van der Waals surface area (Å²) in [5, 5.41) is 10.6. The molecule has 2 unspecified atom stereocenters. The summed E-state index contributed by atoms with van der Waals surface area (Å²) in [6, 6.07) is 5.24. The number of unbranched alkanes of at least 4 members (excludes halogenated alkanes) is 1. The number of halogens is 3. The maximum absolute atomic E-state index is 13.4. The topological polar surface area (TPSA) is 56.3 Å². The van der Waals surface area contributed by atoms with Gasteiger partial charge in [0.2, 0.25) is 5.56 Å². The molecule has 2 aromatic rings. The molecule has 2 heterocycles. The van der Waals surface area contributed by atoms with Crippen LogP contribution in [-0.2, 0) is 6.18 Å². The maximum Gasteiger partial charge on any atom is 0.417 e. The molecule has 27 heavy (non-hydrogen) atoms. The van der Waals surface area contributed by atoms with Gasteiger partial charge in [0.05, 0.1) is 17.7 Å². The van der Waals surface area contributed by atoms with Gasteiger partial charge in [-0.2, -0.15) is 13.2 Å². The van der Waals surface area contributed by atoms with Crippen LogP contribution in [0.25, 0.3) is 10.9 Å². The Morgan fingerprint density at radius 3 is 2.78 bits per heavy atom. The lowest BCUT2D eigenvalue weighted by molar-refractivity contribution is -0.136. The van der Waals surface area contributed by atoms with Crippen LogP contribution in [0.15, 0.2) is 29.1 Å². The van der Waals surface area contributed by atoms with Crippen LogP contribution in [0.5, 0.6) is 0 Å². The van der Waals surface area contributed by atoms with Crippen molar-refractivity contribution in [2.75, 3.05) is 11.4 Å². The van der Waals surface area contributed by atoms with Crippen molar-refractivity contribution in [3.63, 3.8) is 0 Å². The van der Waals surface area contributed by atoms with Gasteiger partial charge in [-0.1, -0.05) is 19.8 Å². The third-order valence-electron chi connectivity index (χ3n) is 5.31. The summed E-state index contributed by atoms with van der Waals surface area (Å²) >= 11 is 0. The molecule has 4 nitrogen and oxygen atoms in total. The van der Waals surface area contributed by atoms with Crippen molar-refractivity contribution >= 4 is 16.6 Å². The predicted octanol–water partition coefficient (Wildman–Crippen LogP) is 4.46. The van der Waals surface area contributed by atoms with E-state index in [1.165, 1.54) is 12.1 Å². The normalized spacial score (nSPS) is 19.4. The number of aromatic nitrogens is 1. The van der Waals surface area contributed by atoms with Crippen LogP contribution in [0.1, 0.15) is 51.0 Å². The third-order valence-corrected chi connectivity index (χ3v) is 5.31. The number of fused-ring (bicyclic) bond motifs is 1. The number of benzene rings is 1. The number of piperidine rings is 1. The zero-order valence-corrected chi connectivity index (χ0v) is 15.4. The van der Waals surface area contributed by atoms with Crippen molar-refractivity contribution in [2.24, 2.45) is 0 Å². The highest BCUT2D eigenvalue weighted by molar-refractivity contribution is 5.86. The van der Waals surface area contributed by atoms with E-state index in [0.717, 1.165) is 32.1 Å². The van der Waals surface area contributed by atoms with Gasteiger partial charge in [-0.15, -0.1) is 0 Å². The lowest BCUT2D eigenvalue weighted by atomic mass is 9.93. The molecule has 1 aromatic carbocycles. The van der Waals surface area contributed by atoms with E-state index >= 15 is 0 Å². The first-order chi connectivity index (χ1) is 12.8. The molecule has 2 N–H and O–H groups in total. The van der Waals surface area contributed by atoms with Crippen LogP contribution in [0, 0.1) is 0 Å². The summed E-state index contributed by atoms with van der Waals surface area (Å²) in [6.45, 7) is 2.76. The number of aliphatic hydroxyl groups is 1. The average Bonchev–Trinajstić information content (AvgIpc) is 2.64. The van der Waals surface area contributed by atoms with Crippen molar-refractivity contribution in [2.45, 2.75) is 63.8 Å². The van der Waals surface area contributed by atoms with Crippen molar-refractivity contribution in [3.8, 4) is 0 Å². The largest absolute Gasteiger partial charge is 0.417 e. The maximum atomic E-state index is 13.4. The molecule has 1 aliphatic rings. The molecule has 1 aromatic heterocycles. The number of alkyl halides is 3. The second kappa shape index (κ2) is 7.92. The fraction of sp³-hybridized carbons (Fsp3) is 0.550. The Morgan fingerprint density at radius 1 is 1.30 bits per heavy atom. The highest BCUT2D eigenvalue weighted by Gasteiger charge is 2.34. The Hall–Kier alpha value is -2.02. The van der Waals surface area contributed by atoms with E-state index in [1.54, 1.807) is 6.07 Å². The molecule has 1 aliphatic heterocycles. The Kier molecular flexibility index (Phi) is 5.79. The molecule has 7 heteroatoms. The fourth-order valence-electron chi connectivity index (χ4n) is 3.94. The molecule has 1 saturated heterocycles. The molecule has 0 bridgehead atoms. The van der Waals surface area contributed by atoms with E-state index in [1.807, 2.05) is 4.90 Å². The van der Waals surface area contributed by atoms with E-state index in [9.17, 15) is 23.1 Å². The predicted molar refractivity (Wildman–Crippen MR) is 100 cm³/mol. The van der Waals surface area contributed by atoms with Gasteiger partial charge in [0, 0.05) is 29.2 Å². The molecule has 2 atom stereocenters. The quantitative estimate of drug-likeness (QED) is 0.803. The summed E-state index contributed by atoms with van der Waals surface area (Å²) in [7, 11) is 0. The van der Waals surface area contributed by atoms with Gasteiger partial charge >= 0.3 is 6.18 Å². The first-order valence-corrected chi connectivity index (χ1v) is 9.50. The first kappa shape index (κ1) is 19.7. The second-order valence-corrected chi connectivity index (χ2v) is 7.24. The highest BCUT2D eigenvalue weighted by atomic mass is 19.4. The highest BCUT2D eigenvalue weighted by Crippen LogP contribution is 2.36. The minimum absolute atomic E-state index is 0.0213. The van der Waals surface area contributed by atoms with Gasteiger partial charge in [-0.05, 0) is 43.9 Å². The smallest absolute Gasteiger partial charge is 0.391 e. The van der Waals surface area contributed by atoms with Crippen molar-refractivity contribution in [1.82, 2.24) is 4.98 Å². The van der Waals surface area contributed by atoms with Crippen molar-refractivity contribution in [3.05, 3.63) is 40.2 Å². The minimum Gasteiger partial charge on any atom is -0.391 e. The molecule has 0 radical (unpaired) electrons. The monoisotopic (exact) mass is 382 g/mol. The van der Waals surface area contributed by atoms with Crippen LogP contribution in [0.3, 0.4) is 0 Å². The molecule has 1 fully saturated rings. The number of aromatic amines is 1. The lowest BCUT2D eigenvalue weighted by Crippen LogP contribution is -2.47. The number of rotatable bonds is 5. The lowest BCUT2D eigenvalue weighted by Gasteiger charge is -2.40. The number of nitrogens with zero attached hydrogens (tertiary/aromatic N) is 1. The number of pyridine rings is 1. The summed E-state index contributed by atoms with van der Waals surface area (Å²) in [5.74, 6) is 0. The molecule has 0 saturated carbocycles. The van der Waals surface area contributed by atoms with E-state index in [4.69, 9.17) is 0 Å². The minimum atomic E-state index is -4.60. The molecule has 3 rings (SSSR count). The van der Waals surface area contributed by atoms with E-state index < -0.39 is 23.4 Å². The summed E-state index contributed by atoms with van der Waals surface area (Å²) in [6.07, 6.45) is 0.245. The number of hydrogen-bond donors (Lipinski definition) is 2. The number of H-pyrrole nitrogens is 1. The number of aliphatic hydroxyl groups excluding tert-OH is 1. The van der Waals surface area contributed by atoms with Gasteiger partial charge in [0.15, 0.2) is 0 Å². The number of anilines is 1. The zero-order valence-electron chi connectivity index (χ0n) is 15.4. The van der Waals surface area contributed by atoms with Crippen LogP contribution >= 0.6 is 0 Å². The van der Waals surface area contributed by atoms with Crippen molar-refractivity contribution in [1.29, 1.82) is 0 Å². The Morgan fingerprint density at radius 2 is 2.07 bits per heavy atom. The van der Waals surface area contributed by atoms with E-state index in [0.29, 0.717) is 24.7 Å².